The molecular formula is C35H35N3O5. The Hall–Kier alpha value is -5.11. The van der Waals surface area contributed by atoms with E-state index in [-0.39, 0.29) is 36.0 Å². The maximum absolute atomic E-state index is 13.9. The fraction of sp³-hybridized carbons (Fsp3) is 0.229. The first-order valence-electron chi connectivity index (χ1n) is 14.3. The average molecular weight is 578 g/mol. The first-order chi connectivity index (χ1) is 20.8. The number of nitrogens with zero attached hydrogens (tertiary/aromatic N) is 1. The van der Waals surface area contributed by atoms with Crippen LogP contribution >= 0.6 is 0 Å². The molecular weight excluding hydrogens is 542 g/mol. The first-order valence-corrected chi connectivity index (χ1v) is 14.3. The molecule has 4 aromatic rings. The number of carbonyl (C=O) groups is 3. The second-order valence-electron chi connectivity index (χ2n) is 10.8. The highest BCUT2D eigenvalue weighted by Crippen LogP contribution is 2.37. The van der Waals surface area contributed by atoms with Gasteiger partial charge in [-0.1, -0.05) is 60.7 Å². The van der Waals surface area contributed by atoms with Gasteiger partial charge in [0.1, 0.15) is 12.4 Å². The van der Waals surface area contributed by atoms with E-state index in [1.54, 1.807) is 12.1 Å². The number of amides is 3. The number of nitrogens with one attached hydrogen (secondary N) is 2. The van der Waals surface area contributed by atoms with Crippen LogP contribution in [0.5, 0.6) is 5.75 Å². The first kappa shape index (κ1) is 29.4. The number of benzene rings is 4. The number of carboxylic acids is 1. The van der Waals surface area contributed by atoms with E-state index in [1.165, 1.54) is 12.1 Å². The van der Waals surface area contributed by atoms with Gasteiger partial charge in [0.05, 0.1) is 24.1 Å². The number of ether oxygens (including phenoxy) is 1. The SMILES string of the molecule is Cc1ccccc1NC(=O)Nc1ccc(CC(=O)N2[C@H](COc3ccc(C(=O)O)cc3)CC[C@@H]2c2ccccc2)cc1C. The zero-order valence-electron chi connectivity index (χ0n) is 24.2. The van der Waals surface area contributed by atoms with Crippen molar-refractivity contribution in [2.24, 2.45) is 0 Å². The number of anilines is 2. The van der Waals surface area contributed by atoms with Crippen LogP contribution in [0.15, 0.2) is 97.1 Å². The van der Waals surface area contributed by atoms with E-state index in [2.05, 4.69) is 10.6 Å². The summed E-state index contributed by atoms with van der Waals surface area (Å²) < 4.78 is 6.03. The zero-order valence-corrected chi connectivity index (χ0v) is 24.2. The van der Waals surface area contributed by atoms with Crippen LogP contribution in [-0.2, 0) is 11.2 Å². The van der Waals surface area contributed by atoms with Crippen LogP contribution in [0, 0.1) is 13.8 Å². The van der Waals surface area contributed by atoms with E-state index in [4.69, 9.17) is 9.84 Å². The van der Waals surface area contributed by atoms with Gasteiger partial charge >= 0.3 is 12.0 Å². The summed E-state index contributed by atoms with van der Waals surface area (Å²) in [4.78, 5) is 39.6. The van der Waals surface area contributed by atoms with Gasteiger partial charge in [0.15, 0.2) is 0 Å². The van der Waals surface area contributed by atoms with E-state index >= 15 is 0 Å². The Balaban J connectivity index is 1.27. The maximum Gasteiger partial charge on any atom is 0.335 e. The van der Waals surface area contributed by atoms with Crippen molar-refractivity contribution in [1.29, 1.82) is 0 Å². The van der Waals surface area contributed by atoms with Crippen molar-refractivity contribution in [1.82, 2.24) is 4.90 Å². The lowest BCUT2D eigenvalue weighted by Gasteiger charge is -2.31. The highest BCUT2D eigenvalue weighted by molar-refractivity contribution is 6.00. The van der Waals surface area contributed by atoms with Gasteiger partial charge in [0, 0.05) is 11.4 Å². The number of carbonyl (C=O) groups excluding carboxylic acids is 2. The fourth-order valence-corrected chi connectivity index (χ4v) is 5.54. The van der Waals surface area contributed by atoms with Gasteiger partial charge in [-0.15, -0.1) is 0 Å². The number of hydrogen-bond donors (Lipinski definition) is 3. The molecule has 3 N–H and O–H groups in total. The number of likely N-dealkylation sites (tertiary alicyclic amines) is 1. The molecule has 8 nitrogen and oxygen atoms in total. The number of carboxylic acid groups (broad SMARTS) is 1. The summed E-state index contributed by atoms with van der Waals surface area (Å²) in [6.45, 7) is 4.15. The van der Waals surface area contributed by atoms with E-state index in [0.29, 0.717) is 18.0 Å². The summed E-state index contributed by atoms with van der Waals surface area (Å²) in [5, 5.41) is 14.9. The summed E-state index contributed by atoms with van der Waals surface area (Å²) >= 11 is 0. The number of aryl methyl sites for hydroxylation is 2. The molecule has 0 radical (unpaired) electrons. The molecule has 0 spiro atoms. The second-order valence-corrected chi connectivity index (χ2v) is 10.8. The maximum atomic E-state index is 13.9. The van der Waals surface area contributed by atoms with E-state index in [9.17, 15) is 14.4 Å². The average Bonchev–Trinajstić information content (AvgIpc) is 3.43. The van der Waals surface area contributed by atoms with Crippen molar-refractivity contribution in [2.45, 2.75) is 45.2 Å². The lowest BCUT2D eigenvalue weighted by atomic mass is 10.0. The molecule has 5 rings (SSSR count). The molecule has 0 unspecified atom stereocenters. The van der Waals surface area contributed by atoms with Crippen LogP contribution in [0.2, 0.25) is 0 Å². The normalized spacial score (nSPS) is 16.0. The molecule has 8 heteroatoms. The fourth-order valence-electron chi connectivity index (χ4n) is 5.54. The molecule has 0 aliphatic carbocycles. The summed E-state index contributed by atoms with van der Waals surface area (Å²) in [5.74, 6) is -0.432. The van der Waals surface area contributed by atoms with Crippen molar-refractivity contribution in [2.75, 3.05) is 17.2 Å². The molecule has 220 valence electrons. The number of aromatic carboxylic acids is 1. The Morgan fingerprint density at radius 2 is 1.49 bits per heavy atom. The van der Waals surface area contributed by atoms with Crippen LogP contribution in [-0.4, -0.2) is 40.6 Å². The summed E-state index contributed by atoms with van der Waals surface area (Å²) in [6.07, 6.45) is 1.82. The molecule has 1 aliphatic heterocycles. The smallest absolute Gasteiger partial charge is 0.335 e. The Morgan fingerprint density at radius 1 is 0.814 bits per heavy atom. The third kappa shape index (κ3) is 7.22. The van der Waals surface area contributed by atoms with E-state index in [1.807, 2.05) is 91.5 Å². The predicted molar refractivity (Wildman–Crippen MR) is 167 cm³/mol. The molecule has 0 saturated carbocycles. The summed E-state index contributed by atoms with van der Waals surface area (Å²) in [6, 6.07) is 29.0. The van der Waals surface area contributed by atoms with Crippen molar-refractivity contribution >= 4 is 29.3 Å². The standard InChI is InChI=1S/C35H35N3O5/c1-23-8-6-7-11-30(23)36-35(42)37-31-18-12-25(20-24(31)2)21-33(39)38-28(15-19-32(38)26-9-4-3-5-10-26)22-43-29-16-13-27(14-17-29)34(40)41/h3-14,16-18,20,28,32H,15,19,21-22H2,1-2H3,(H,40,41)(H2,36,37,42)/t28-,32+/m0/s1. The van der Waals surface area contributed by atoms with Gasteiger partial charge in [-0.05, 0) is 85.3 Å². The number of para-hydroxylation sites is 1. The molecule has 1 saturated heterocycles. The van der Waals surface area contributed by atoms with Crippen molar-refractivity contribution in [3.8, 4) is 5.75 Å². The quantitative estimate of drug-likeness (QED) is 0.199. The second kappa shape index (κ2) is 13.2. The molecule has 3 amide bonds. The number of urea groups is 1. The predicted octanol–water partition coefficient (Wildman–Crippen LogP) is 7.00. The number of hydrogen-bond acceptors (Lipinski definition) is 4. The van der Waals surface area contributed by atoms with Crippen LogP contribution in [0.3, 0.4) is 0 Å². The van der Waals surface area contributed by atoms with Crippen LogP contribution in [0.1, 0.15) is 51.5 Å². The summed E-state index contributed by atoms with van der Waals surface area (Å²) in [7, 11) is 0. The molecule has 1 aliphatic rings. The number of rotatable bonds is 9. The van der Waals surface area contributed by atoms with Gasteiger partial charge in [-0.3, -0.25) is 4.79 Å². The summed E-state index contributed by atoms with van der Waals surface area (Å²) in [5.41, 5.74) is 5.38. The van der Waals surface area contributed by atoms with Gasteiger partial charge in [-0.2, -0.15) is 0 Å². The molecule has 1 heterocycles. The minimum atomic E-state index is -0.991. The van der Waals surface area contributed by atoms with Crippen LogP contribution < -0.4 is 15.4 Å². The van der Waals surface area contributed by atoms with E-state index in [0.717, 1.165) is 40.8 Å². The Morgan fingerprint density at radius 3 is 2.16 bits per heavy atom. The van der Waals surface area contributed by atoms with E-state index < -0.39 is 5.97 Å². The molecule has 0 aromatic heterocycles. The third-order valence-corrected chi connectivity index (χ3v) is 7.81. The zero-order chi connectivity index (χ0) is 30.3. The molecule has 1 fully saturated rings. The Kier molecular flexibility index (Phi) is 9.05. The van der Waals surface area contributed by atoms with Gasteiger partial charge in [-0.25, -0.2) is 9.59 Å². The highest BCUT2D eigenvalue weighted by atomic mass is 16.5. The van der Waals surface area contributed by atoms with Gasteiger partial charge in [0.2, 0.25) is 5.91 Å². The Bertz CT molecular complexity index is 1600. The monoisotopic (exact) mass is 577 g/mol. The minimum Gasteiger partial charge on any atom is -0.491 e. The van der Waals surface area contributed by atoms with Gasteiger partial charge < -0.3 is 25.4 Å². The molecule has 0 bridgehead atoms. The van der Waals surface area contributed by atoms with Crippen LogP contribution in [0.4, 0.5) is 16.2 Å². The lowest BCUT2D eigenvalue weighted by Crippen LogP contribution is -2.41. The third-order valence-electron chi connectivity index (χ3n) is 7.81. The molecule has 2 atom stereocenters. The van der Waals surface area contributed by atoms with Gasteiger partial charge in [0.25, 0.3) is 0 Å². The topological polar surface area (TPSA) is 108 Å². The molecule has 43 heavy (non-hydrogen) atoms. The van der Waals surface area contributed by atoms with Crippen molar-refractivity contribution < 1.29 is 24.2 Å². The minimum absolute atomic E-state index is 0.00131. The Labute approximate surface area is 251 Å². The highest BCUT2D eigenvalue weighted by Gasteiger charge is 2.38. The van der Waals surface area contributed by atoms with Crippen LogP contribution in [0.25, 0.3) is 0 Å². The lowest BCUT2D eigenvalue weighted by molar-refractivity contribution is -0.134. The largest absolute Gasteiger partial charge is 0.491 e. The van der Waals surface area contributed by atoms with Crippen molar-refractivity contribution in [3.63, 3.8) is 0 Å². The van der Waals surface area contributed by atoms with Crippen molar-refractivity contribution in [3.05, 3.63) is 125 Å². The molecule has 4 aromatic carbocycles.